The summed E-state index contributed by atoms with van der Waals surface area (Å²) in [7, 11) is 0. The van der Waals surface area contributed by atoms with E-state index in [4.69, 9.17) is 4.74 Å². The molecule has 0 saturated carbocycles. The molecule has 1 aliphatic rings. The molecule has 1 N–H and O–H groups in total. The van der Waals surface area contributed by atoms with E-state index >= 15 is 0 Å². The summed E-state index contributed by atoms with van der Waals surface area (Å²) in [4.78, 5) is 13.3. The molecule has 0 amide bonds. The summed E-state index contributed by atoms with van der Waals surface area (Å²) >= 11 is 0. The normalized spacial score (nSPS) is 17.9. The predicted molar refractivity (Wildman–Crippen MR) is 111 cm³/mol. The fraction of sp³-hybridized carbons (Fsp3) is 0.458. The molecule has 2 unspecified atom stereocenters. The largest absolute Gasteiger partial charge is 0.480 e. The standard InChI is InChI=1S/C24H31NO3/c1-3-7-19-10-12-21(13-11-19)23(20-8-5-4-6-9-20)28-22-14-16-25(17-15-22)18(2)24(26)27/h4-6,8-13,18,22-23H,3,7,14-17H2,1-2H3,(H,26,27). The molecular weight excluding hydrogens is 350 g/mol. The lowest BCUT2D eigenvalue weighted by molar-refractivity contribution is -0.144. The second kappa shape index (κ2) is 9.85. The van der Waals surface area contributed by atoms with E-state index in [9.17, 15) is 9.90 Å². The van der Waals surface area contributed by atoms with Crippen LogP contribution in [0.25, 0.3) is 0 Å². The van der Waals surface area contributed by atoms with Crippen LogP contribution in [0.4, 0.5) is 0 Å². The molecule has 2 aromatic carbocycles. The Balaban J connectivity index is 1.71. The van der Waals surface area contributed by atoms with Crippen LogP contribution in [-0.2, 0) is 16.0 Å². The van der Waals surface area contributed by atoms with Crippen molar-refractivity contribution in [1.29, 1.82) is 0 Å². The van der Waals surface area contributed by atoms with E-state index in [2.05, 4.69) is 43.3 Å². The molecule has 2 atom stereocenters. The first-order chi connectivity index (χ1) is 13.6. The van der Waals surface area contributed by atoms with Crippen LogP contribution in [0.5, 0.6) is 0 Å². The van der Waals surface area contributed by atoms with Crippen molar-refractivity contribution in [2.45, 2.75) is 57.8 Å². The fourth-order valence-corrected chi connectivity index (χ4v) is 3.87. The average molecular weight is 382 g/mol. The maximum absolute atomic E-state index is 11.2. The van der Waals surface area contributed by atoms with E-state index < -0.39 is 12.0 Å². The van der Waals surface area contributed by atoms with E-state index in [1.54, 1.807) is 6.92 Å². The minimum absolute atomic E-state index is 0.0923. The Morgan fingerprint density at radius 2 is 1.68 bits per heavy atom. The van der Waals surface area contributed by atoms with Gasteiger partial charge in [0.2, 0.25) is 0 Å². The minimum Gasteiger partial charge on any atom is -0.480 e. The minimum atomic E-state index is -0.756. The number of aliphatic carboxylic acids is 1. The van der Waals surface area contributed by atoms with E-state index in [1.165, 1.54) is 11.1 Å². The van der Waals surface area contributed by atoms with Crippen LogP contribution in [-0.4, -0.2) is 41.2 Å². The Morgan fingerprint density at radius 3 is 2.25 bits per heavy atom. The van der Waals surface area contributed by atoms with Crippen LogP contribution in [0.15, 0.2) is 54.6 Å². The Morgan fingerprint density at radius 1 is 1.07 bits per heavy atom. The van der Waals surface area contributed by atoms with Crippen LogP contribution < -0.4 is 0 Å². The van der Waals surface area contributed by atoms with Gasteiger partial charge in [-0.25, -0.2) is 0 Å². The molecule has 0 aromatic heterocycles. The zero-order chi connectivity index (χ0) is 19.9. The maximum Gasteiger partial charge on any atom is 0.320 e. The Bertz CT molecular complexity index is 736. The highest BCUT2D eigenvalue weighted by Gasteiger charge is 2.28. The van der Waals surface area contributed by atoms with Gasteiger partial charge in [-0.05, 0) is 42.9 Å². The molecule has 1 heterocycles. The van der Waals surface area contributed by atoms with Crippen molar-refractivity contribution < 1.29 is 14.6 Å². The number of aryl methyl sites for hydroxylation is 1. The van der Waals surface area contributed by atoms with Gasteiger partial charge < -0.3 is 9.84 Å². The highest BCUT2D eigenvalue weighted by molar-refractivity contribution is 5.72. The van der Waals surface area contributed by atoms with Crippen LogP contribution in [0.1, 0.15) is 55.9 Å². The van der Waals surface area contributed by atoms with Gasteiger partial charge in [0.1, 0.15) is 12.1 Å². The van der Waals surface area contributed by atoms with Gasteiger partial charge in [-0.1, -0.05) is 67.9 Å². The van der Waals surface area contributed by atoms with Gasteiger partial charge in [0.25, 0.3) is 0 Å². The summed E-state index contributed by atoms with van der Waals surface area (Å²) in [6, 6.07) is 18.7. The summed E-state index contributed by atoms with van der Waals surface area (Å²) in [5.41, 5.74) is 3.69. The van der Waals surface area contributed by atoms with E-state index in [0.29, 0.717) is 0 Å². The summed E-state index contributed by atoms with van der Waals surface area (Å²) in [5.74, 6) is -0.756. The number of piperidine rings is 1. The lowest BCUT2D eigenvalue weighted by atomic mass is 9.98. The first kappa shape index (κ1) is 20.6. The van der Waals surface area contributed by atoms with Gasteiger partial charge in [0, 0.05) is 13.1 Å². The van der Waals surface area contributed by atoms with Crippen molar-refractivity contribution in [3.63, 3.8) is 0 Å². The SMILES string of the molecule is CCCc1ccc(C(OC2CCN(C(C)C(=O)O)CC2)c2ccccc2)cc1. The summed E-state index contributed by atoms with van der Waals surface area (Å²) < 4.78 is 6.58. The fourth-order valence-electron chi connectivity index (χ4n) is 3.87. The Labute approximate surface area is 168 Å². The van der Waals surface area contributed by atoms with Crippen LogP contribution in [0, 0.1) is 0 Å². The van der Waals surface area contributed by atoms with Crippen molar-refractivity contribution >= 4 is 5.97 Å². The molecule has 3 rings (SSSR count). The molecule has 4 heteroatoms. The van der Waals surface area contributed by atoms with Crippen molar-refractivity contribution in [2.75, 3.05) is 13.1 Å². The second-order valence-corrected chi connectivity index (χ2v) is 7.67. The molecule has 0 bridgehead atoms. The number of carbonyl (C=O) groups is 1. The lowest BCUT2D eigenvalue weighted by Gasteiger charge is -2.36. The maximum atomic E-state index is 11.2. The zero-order valence-electron chi connectivity index (χ0n) is 16.9. The second-order valence-electron chi connectivity index (χ2n) is 7.67. The molecule has 28 heavy (non-hydrogen) atoms. The number of carboxylic acids is 1. The van der Waals surface area contributed by atoms with Gasteiger partial charge in [0.05, 0.1) is 6.10 Å². The van der Waals surface area contributed by atoms with Gasteiger partial charge in [0.15, 0.2) is 0 Å². The van der Waals surface area contributed by atoms with Crippen LogP contribution in [0.2, 0.25) is 0 Å². The Hall–Kier alpha value is -2.17. The number of benzene rings is 2. The van der Waals surface area contributed by atoms with Gasteiger partial charge in [-0.15, -0.1) is 0 Å². The number of carboxylic acid groups (broad SMARTS) is 1. The zero-order valence-corrected chi connectivity index (χ0v) is 16.9. The third kappa shape index (κ3) is 5.21. The molecule has 150 valence electrons. The smallest absolute Gasteiger partial charge is 0.320 e. The number of rotatable bonds is 8. The Kier molecular flexibility index (Phi) is 7.24. The molecule has 1 fully saturated rings. The third-order valence-corrected chi connectivity index (χ3v) is 5.63. The molecule has 2 aromatic rings. The lowest BCUT2D eigenvalue weighted by Crippen LogP contribution is -2.45. The highest BCUT2D eigenvalue weighted by atomic mass is 16.5. The monoisotopic (exact) mass is 381 g/mol. The molecule has 0 spiro atoms. The molecule has 0 radical (unpaired) electrons. The molecule has 1 aliphatic heterocycles. The van der Waals surface area contributed by atoms with Crippen LogP contribution in [0.3, 0.4) is 0 Å². The number of ether oxygens (including phenoxy) is 1. The van der Waals surface area contributed by atoms with E-state index in [1.807, 2.05) is 23.1 Å². The van der Waals surface area contributed by atoms with Crippen molar-refractivity contribution in [2.24, 2.45) is 0 Å². The van der Waals surface area contributed by atoms with Gasteiger partial charge in [-0.2, -0.15) is 0 Å². The third-order valence-electron chi connectivity index (χ3n) is 5.63. The summed E-state index contributed by atoms with van der Waals surface area (Å²) in [5, 5.41) is 9.23. The number of nitrogens with zero attached hydrogens (tertiary/aromatic N) is 1. The predicted octanol–water partition coefficient (Wildman–Crippen LogP) is 4.68. The van der Waals surface area contributed by atoms with Crippen molar-refractivity contribution in [3.8, 4) is 0 Å². The van der Waals surface area contributed by atoms with E-state index in [0.717, 1.165) is 44.3 Å². The quantitative estimate of drug-likeness (QED) is 0.721. The van der Waals surface area contributed by atoms with Crippen LogP contribution >= 0.6 is 0 Å². The number of likely N-dealkylation sites (tertiary alicyclic amines) is 1. The number of hydrogen-bond donors (Lipinski definition) is 1. The van der Waals surface area contributed by atoms with Crippen molar-refractivity contribution in [1.82, 2.24) is 4.90 Å². The first-order valence-corrected chi connectivity index (χ1v) is 10.3. The highest BCUT2D eigenvalue weighted by Crippen LogP contribution is 2.30. The van der Waals surface area contributed by atoms with Crippen molar-refractivity contribution in [3.05, 3.63) is 71.3 Å². The van der Waals surface area contributed by atoms with Gasteiger partial charge >= 0.3 is 5.97 Å². The average Bonchev–Trinajstić information content (AvgIpc) is 2.73. The molecule has 4 nitrogen and oxygen atoms in total. The van der Waals surface area contributed by atoms with E-state index in [-0.39, 0.29) is 12.2 Å². The molecule has 0 aliphatic carbocycles. The topological polar surface area (TPSA) is 49.8 Å². The summed E-state index contributed by atoms with van der Waals surface area (Å²) in [6.45, 7) is 5.47. The summed E-state index contributed by atoms with van der Waals surface area (Å²) in [6.07, 6.45) is 4.00. The number of hydrogen-bond acceptors (Lipinski definition) is 3. The first-order valence-electron chi connectivity index (χ1n) is 10.3. The van der Waals surface area contributed by atoms with Gasteiger partial charge in [-0.3, -0.25) is 9.69 Å². The molecular formula is C24H31NO3. The molecule has 1 saturated heterocycles.